The molecule has 7 heteroatoms. The lowest BCUT2D eigenvalue weighted by Gasteiger charge is -2.32. The van der Waals surface area contributed by atoms with E-state index in [4.69, 9.17) is 4.74 Å². The predicted molar refractivity (Wildman–Crippen MR) is 96.5 cm³/mol. The largest absolute Gasteiger partial charge is 0.479 e. The van der Waals surface area contributed by atoms with Gasteiger partial charge < -0.3 is 10.1 Å². The zero-order valence-electron chi connectivity index (χ0n) is 14.8. The monoisotopic (exact) mass is 353 g/mol. The average Bonchev–Trinajstić information content (AvgIpc) is 2.60. The highest BCUT2D eigenvalue weighted by Gasteiger charge is 2.33. The summed E-state index contributed by atoms with van der Waals surface area (Å²) in [5, 5.41) is 2.71. The van der Waals surface area contributed by atoms with Crippen molar-refractivity contribution in [3.63, 3.8) is 0 Å². The third-order valence-electron chi connectivity index (χ3n) is 4.14. The summed E-state index contributed by atoms with van der Waals surface area (Å²) < 4.78 is 5.58. The number of anilines is 2. The topological polar surface area (TPSA) is 88.6 Å². The van der Waals surface area contributed by atoms with Crippen LogP contribution in [0.25, 0.3) is 0 Å². The molecule has 1 aliphatic rings. The van der Waals surface area contributed by atoms with Gasteiger partial charge in [-0.05, 0) is 50.6 Å². The first kappa shape index (κ1) is 17.6. The minimum absolute atomic E-state index is 0.132. The number of ketones is 1. The van der Waals surface area contributed by atoms with Gasteiger partial charge in [0.2, 0.25) is 5.91 Å². The molecule has 0 aliphatic carbocycles. The van der Waals surface area contributed by atoms with Crippen LogP contribution in [0, 0.1) is 6.92 Å². The summed E-state index contributed by atoms with van der Waals surface area (Å²) >= 11 is 0. The Bertz CT molecular complexity index is 894. The number of ether oxygens (including phenoxy) is 1. The molecule has 26 heavy (non-hydrogen) atoms. The van der Waals surface area contributed by atoms with Crippen molar-refractivity contribution in [2.45, 2.75) is 26.9 Å². The van der Waals surface area contributed by atoms with Gasteiger partial charge in [0.25, 0.3) is 5.91 Å². The van der Waals surface area contributed by atoms with Crippen LogP contribution in [0.5, 0.6) is 5.75 Å². The first-order valence-corrected chi connectivity index (χ1v) is 8.21. The molecule has 1 unspecified atom stereocenters. The number of fused-ring (bicyclic) bond motifs is 1. The fraction of sp³-hybridized carbons (Fsp3) is 0.263. The minimum atomic E-state index is -0.713. The van der Waals surface area contributed by atoms with Crippen molar-refractivity contribution >= 4 is 29.1 Å². The van der Waals surface area contributed by atoms with Crippen LogP contribution in [0.1, 0.15) is 29.8 Å². The number of amides is 2. The molecule has 0 radical (unpaired) electrons. The van der Waals surface area contributed by atoms with Crippen LogP contribution in [0.15, 0.2) is 36.5 Å². The summed E-state index contributed by atoms with van der Waals surface area (Å²) in [4.78, 5) is 42.1. The Morgan fingerprint density at radius 1 is 1.31 bits per heavy atom. The Labute approximate surface area is 151 Å². The van der Waals surface area contributed by atoms with E-state index < -0.39 is 6.10 Å². The number of Topliss-reactive ketones (excluding diaryl/α,β-unsaturated/α-hetero) is 1. The van der Waals surface area contributed by atoms with Crippen molar-refractivity contribution in [1.29, 1.82) is 0 Å². The molecular formula is C19H19N3O4. The molecule has 1 aromatic carbocycles. The van der Waals surface area contributed by atoms with E-state index in [2.05, 4.69) is 10.3 Å². The zero-order valence-corrected chi connectivity index (χ0v) is 14.8. The van der Waals surface area contributed by atoms with E-state index in [0.29, 0.717) is 22.8 Å². The predicted octanol–water partition coefficient (Wildman–Crippen LogP) is 2.35. The van der Waals surface area contributed by atoms with Crippen LogP contribution >= 0.6 is 0 Å². The molecule has 1 N–H and O–H groups in total. The summed E-state index contributed by atoms with van der Waals surface area (Å²) in [6, 6.07) is 8.46. The molecule has 1 aliphatic heterocycles. The molecule has 0 bridgehead atoms. The van der Waals surface area contributed by atoms with Crippen LogP contribution in [0.2, 0.25) is 0 Å². The third kappa shape index (κ3) is 3.42. The molecule has 0 saturated carbocycles. The number of aromatic nitrogens is 1. The number of nitrogens with zero attached hydrogens (tertiary/aromatic N) is 2. The summed E-state index contributed by atoms with van der Waals surface area (Å²) in [6.45, 7) is 4.70. The Hall–Kier alpha value is -3.22. The molecule has 1 atom stereocenters. The number of hydrogen-bond acceptors (Lipinski definition) is 5. The number of carbonyl (C=O) groups is 3. The van der Waals surface area contributed by atoms with Crippen molar-refractivity contribution in [3.8, 4) is 5.75 Å². The van der Waals surface area contributed by atoms with Gasteiger partial charge in [0.05, 0.1) is 5.69 Å². The minimum Gasteiger partial charge on any atom is -0.479 e. The van der Waals surface area contributed by atoms with Gasteiger partial charge in [-0.15, -0.1) is 0 Å². The fourth-order valence-electron chi connectivity index (χ4n) is 2.72. The van der Waals surface area contributed by atoms with Gasteiger partial charge in [0.15, 0.2) is 11.9 Å². The van der Waals surface area contributed by atoms with E-state index in [1.807, 2.05) is 13.0 Å². The van der Waals surface area contributed by atoms with Gasteiger partial charge in [0.1, 0.15) is 18.1 Å². The number of benzene rings is 1. The second-order valence-corrected chi connectivity index (χ2v) is 6.14. The van der Waals surface area contributed by atoms with Crippen LogP contribution in [0.3, 0.4) is 0 Å². The van der Waals surface area contributed by atoms with E-state index in [9.17, 15) is 14.4 Å². The lowest BCUT2D eigenvalue weighted by atomic mass is 10.1. The number of rotatable bonds is 4. The molecule has 0 saturated heterocycles. The fourth-order valence-corrected chi connectivity index (χ4v) is 2.72. The second-order valence-electron chi connectivity index (χ2n) is 6.14. The lowest BCUT2D eigenvalue weighted by molar-refractivity contribution is -0.127. The van der Waals surface area contributed by atoms with Crippen molar-refractivity contribution in [2.24, 2.45) is 0 Å². The first-order valence-electron chi connectivity index (χ1n) is 8.21. The van der Waals surface area contributed by atoms with Crippen LogP contribution < -0.4 is 15.0 Å². The molecule has 0 fully saturated rings. The molecule has 7 nitrogen and oxygen atoms in total. The number of nitrogens with one attached hydrogen (secondary N) is 1. The van der Waals surface area contributed by atoms with E-state index in [1.165, 1.54) is 11.8 Å². The Kier molecular flexibility index (Phi) is 4.71. The average molecular weight is 353 g/mol. The summed E-state index contributed by atoms with van der Waals surface area (Å²) in [5.41, 5.74) is 1.68. The molecule has 3 rings (SSSR count). The normalized spacial score (nSPS) is 15.9. The van der Waals surface area contributed by atoms with Gasteiger partial charge >= 0.3 is 0 Å². The molecule has 2 heterocycles. The Morgan fingerprint density at radius 3 is 2.77 bits per heavy atom. The molecule has 1 aromatic heterocycles. The number of hydrogen-bond donors (Lipinski definition) is 1. The van der Waals surface area contributed by atoms with Crippen LogP contribution in [-0.4, -0.2) is 35.2 Å². The van der Waals surface area contributed by atoms with Gasteiger partial charge in [-0.3, -0.25) is 19.3 Å². The highest BCUT2D eigenvalue weighted by atomic mass is 16.5. The number of pyridine rings is 1. The third-order valence-corrected chi connectivity index (χ3v) is 4.14. The first-order chi connectivity index (χ1) is 12.4. The number of aryl methyl sites for hydroxylation is 1. The molecule has 134 valence electrons. The molecule has 2 aromatic rings. The maximum Gasteiger partial charge on any atom is 0.268 e. The van der Waals surface area contributed by atoms with Crippen molar-refractivity contribution in [2.75, 3.05) is 16.8 Å². The summed E-state index contributed by atoms with van der Waals surface area (Å²) in [7, 11) is 0. The van der Waals surface area contributed by atoms with Crippen LogP contribution in [-0.2, 0) is 9.59 Å². The quantitative estimate of drug-likeness (QED) is 0.853. The van der Waals surface area contributed by atoms with Gasteiger partial charge in [-0.25, -0.2) is 4.98 Å². The Balaban J connectivity index is 1.88. The maximum absolute atomic E-state index is 12.5. The van der Waals surface area contributed by atoms with Gasteiger partial charge in [0, 0.05) is 11.8 Å². The van der Waals surface area contributed by atoms with E-state index in [0.717, 1.165) is 5.56 Å². The smallest absolute Gasteiger partial charge is 0.268 e. The van der Waals surface area contributed by atoms with E-state index in [-0.39, 0.29) is 24.1 Å². The molecular weight excluding hydrogens is 334 g/mol. The second kappa shape index (κ2) is 6.95. The molecule has 0 spiro atoms. The van der Waals surface area contributed by atoms with Crippen molar-refractivity contribution in [1.82, 2.24) is 4.98 Å². The SMILES string of the molecule is CC(=O)c1ccc2c(c1)N(CC(=O)Nc1ncccc1C)C(=O)C(C)O2. The summed E-state index contributed by atoms with van der Waals surface area (Å²) in [6.07, 6.45) is 0.869. The van der Waals surface area contributed by atoms with E-state index in [1.54, 1.807) is 37.4 Å². The number of carbonyl (C=O) groups excluding carboxylic acids is 3. The summed E-state index contributed by atoms with van der Waals surface area (Å²) in [5.74, 6) is 0.0554. The zero-order chi connectivity index (χ0) is 18.8. The van der Waals surface area contributed by atoms with Crippen molar-refractivity contribution < 1.29 is 19.1 Å². The van der Waals surface area contributed by atoms with Crippen molar-refractivity contribution in [3.05, 3.63) is 47.7 Å². The lowest BCUT2D eigenvalue weighted by Crippen LogP contribution is -2.47. The van der Waals surface area contributed by atoms with E-state index >= 15 is 0 Å². The van der Waals surface area contributed by atoms with Gasteiger partial charge in [-0.2, -0.15) is 0 Å². The molecule has 2 amide bonds. The van der Waals surface area contributed by atoms with Gasteiger partial charge in [-0.1, -0.05) is 6.07 Å². The maximum atomic E-state index is 12.5. The highest BCUT2D eigenvalue weighted by Crippen LogP contribution is 2.35. The standard InChI is InChI=1S/C19H19N3O4/c1-11-5-4-8-20-18(11)21-17(24)10-22-15-9-14(12(2)23)6-7-16(15)26-13(3)19(22)25/h4-9,13H,10H2,1-3H3,(H,20,21,24). The highest BCUT2D eigenvalue weighted by molar-refractivity contribution is 6.07. The Morgan fingerprint density at radius 2 is 2.08 bits per heavy atom. The van der Waals surface area contributed by atoms with Crippen LogP contribution in [0.4, 0.5) is 11.5 Å².